The van der Waals surface area contributed by atoms with Crippen molar-refractivity contribution in [3.05, 3.63) is 33.3 Å². The van der Waals surface area contributed by atoms with Crippen molar-refractivity contribution in [2.24, 2.45) is 0 Å². The second-order valence-electron chi connectivity index (χ2n) is 4.06. The van der Waals surface area contributed by atoms with Crippen molar-refractivity contribution in [1.29, 1.82) is 0 Å². The van der Waals surface area contributed by atoms with E-state index in [1.807, 2.05) is 7.05 Å². The van der Waals surface area contributed by atoms with Crippen molar-refractivity contribution < 1.29 is 4.79 Å². The molecule has 4 heteroatoms. The Hall–Kier alpha value is -0.540. The Kier molecular flexibility index (Phi) is 6.00. The molecular formula is C13H17BrClNO. The fourth-order valence-electron chi connectivity index (χ4n) is 1.57. The van der Waals surface area contributed by atoms with Gasteiger partial charge in [0.2, 0.25) is 0 Å². The first kappa shape index (κ1) is 14.5. The number of rotatable bonds is 5. The van der Waals surface area contributed by atoms with Crippen LogP contribution in [0, 0.1) is 0 Å². The van der Waals surface area contributed by atoms with Crippen LogP contribution in [0.2, 0.25) is 5.02 Å². The van der Waals surface area contributed by atoms with E-state index >= 15 is 0 Å². The average Bonchev–Trinajstić information content (AvgIpc) is 2.31. The molecule has 0 aromatic heterocycles. The smallest absolute Gasteiger partial charge is 0.254 e. The first-order valence-corrected chi connectivity index (χ1v) is 6.94. The number of halogens is 2. The number of nitrogens with zero attached hydrogens (tertiary/aromatic N) is 1. The minimum absolute atomic E-state index is 0.00970. The van der Waals surface area contributed by atoms with Crippen LogP contribution in [-0.2, 0) is 0 Å². The zero-order valence-corrected chi connectivity index (χ0v) is 12.5. The molecule has 0 fully saturated rings. The number of amides is 1. The Morgan fingerprint density at radius 3 is 2.76 bits per heavy atom. The van der Waals surface area contributed by atoms with Crippen molar-refractivity contribution >= 4 is 33.4 Å². The van der Waals surface area contributed by atoms with E-state index in [1.54, 1.807) is 23.1 Å². The molecule has 1 rings (SSSR count). The summed E-state index contributed by atoms with van der Waals surface area (Å²) in [5.74, 6) is 0.00970. The lowest BCUT2D eigenvalue weighted by Crippen LogP contribution is -2.28. The number of hydrogen-bond donors (Lipinski definition) is 0. The van der Waals surface area contributed by atoms with Gasteiger partial charge in [-0.25, -0.2) is 0 Å². The lowest BCUT2D eigenvalue weighted by atomic mass is 10.2. The Morgan fingerprint density at radius 1 is 1.41 bits per heavy atom. The molecule has 1 aromatic carbocycles. The van der Waals surface area contributed by atoms with Gasteiger partial charge in [-0.05, 0) is 40.5 Å². The van der Waals surface area contributed by atoms with E-state index in [9.17, 15) is 4.79 Å². The standard InChI is InChI=1S/C13H17BrClNO/c1-3-4-5-8-16(2)13(17)11-9-10(15)6-7-12(11)14/h6-7,9H,3-5,8H2,1-2H3. The van der Waals surface area contributed by atoms with Gasteiger partial charge in [0, 0.05) is 23.1 Å². The average molecular weight is 319 g/mol. The van der Waals surface area contributed by atoms with E-state index in [2.05, 4.69) is 22.9 Å². The molecule has 0 spiro atoms. The third-order valence-electron chi connectivity index (χ3n) is 2.60. The van der Waals surface area contributed by atoms with Crippen LogP contribution in [0.25, 0.3) is 0 Å². The van der Waals surface area contributed by atoms with Gasteiger partial charge in [0.15, 0.2) is 0 Å². The van der Waals surface area contributed by atoms with Gasteiger partial charge in [-0.1, -0.05) is 31.4 Å². The fourth-order valence-corrected chi connectivity index (χ4v) is 2.16. The number of hydrogen-bond acceptors (Lipinski definition) is 1. The monoisotopic (exact) mass is 317 g/mol. The van der Waals surface area contributed by atoms with E-state index in [4.69, 9.17) is 11.6 Å². The molecule has 0 atom stereocenters. The van der Waals surface area contributed by atoms with Gasteiger partial charge in [0.05, 0.1) is 5.56 Å². The highest BCUT2D eigenvalue weighted by molar-refractivity contribution is 9.10. The largest absolute Gasteiger partial charge is 0.342 e. The van der Waals surface area contributed by atoms with E-state index in [-0.39, 0.29) is 5.91 Å². The molecule has 2 nitrogen and oxygen atoms in total. The highest BCUT2D eigenvalue weighted by Crippen LogP contribution is 2.22. The molecular weight excluding hydrogens is 302 g/mol. The molecule has 0 aliphatic heterocycles. The van der Waals surface area contributed by atoms with Gasteiger partial charge < -0.3 is 4.90 Å². The molecule has 0 N–H and O–H groups in total. The molecule has 17 heavy (non-hydrogen) atoms. The fraction of sp³-hybridized carbons (Fsp3) is 0.462. The molecule has 0 saturated carbocycles. The van der Waals surface area contributed by atoms with Crippen LogP contribution < -0.4 is 0 Å². The van der Waals surface area contributed by atoms with Crippen LogP contribution in [0.5, 0.6) is 0 Å². The molecule has 1 aromatic rings. The first-order chi connectivity index (χ1) is 8.06. The zero-order chi connectivity index (χ0) is 12.8. The van der Waals surface area contributed by atoms with Crippen LogP contribution in [0.4, 0.5) is 0 Å². The normalized spacial score (nSPS) is 10.4. The maximum Gasteiger partial charge on any atom is 0.254 e. The lowest BCUT2D eigenvalue weighted by molar-refractivity contribution is 0.0792. The van der Waals surface area contributed by atoms with Crippen LogP contribution in [0.3, 0.4) is 0 Å². The molecule has 0 saturated heterocycles. The number of carbonyl (C=O) groups excluding carboxylic acids is 1. The summed E-state index contributed by atoms with van der Waals surface area (Å²) in [7, 11) is 1.82. The van der Waals surface area contributed by atoms with Gasteiger partial charge in [0.1, 0.15) is 0 Å². The third-order valence-corrected chi connectivity index (χ3v) is 3.53. The van der Waals surface area contributed by atoms with Crippen molar-refractivity contribution in [3.8, 4) is 0 Å². The Bertz CT molecular complexity index is 395. The van der Waals surface area contributed by atoms with Crippen LogP contribution in [-0.4, -0.2) is 24.4 Å². The van der Waals surface area contributed by atoms with Gasteiger partial charge in [-0.2, -0.15) is 0 Å². The van der Waals surface area contributed by atoms with Crippen molar-refractivity contribution in [2.45, 2.75) is 26.2 Å². The number of carbonyl (C=O) groups is 1. The Balaban J connectivity index is 2.71. The number of unbranched alkanes of at least 4 members (excludes halogenated alkanes) is 2. The summed E-state index contributed by atoms with van der Waals surface area (Å²) < 4.78 is 0.786. The first-order valence-electron chi connectivity index (χ1n) is 5.76. The van der Waals surface area contributed by atoms with E-state index < -0.39 is 0 Å². The van der Waals surface area contributed by atoms with Crippen molar-refractivity contribution in [1.82, 2.24) is 4.90 Å². The van der Waals surface area contributed by atoms with Crippen molar-refractivity contribution in [3.63, 3.8) is 0 Å². The highest BCUT2D eigenvalue weighted by atomic mass is 79.9. The van der Waals surface area contributed by atoms with Gasteiger partial charge in [-0.15, -0.1) is 0 Å². The van der Waals surface area contributed by atoms with Crippen LogP contribution in [0.15, 0.2) is 22.7 Å². The molecule has 0 aliphatic carbocycles. The van der Waals surface area contributed by atoms with E-state index in [1.165, 1.54) is 0 Å². The summed E-state index contributed by atoms with van der Waals surface area (Å²) >= 11 is 9.28. The summed E-state index contributed by atoms with van der Waals surface area (Å²) in [6.07, 6.45) is 3.34. The maximum atomic E-state index is 12.1. The minimum Gasteiger partial charge on any atom is -0.342 e. The summed E-state index contributed by atoms with van der Waals surface area (Å²) in [5, 5.41) is 0.582. The predicted molar refractivity (Wildman–Crippen MR) is 75.6 cm³/mol. The predicted octanol–water partition coefficient (Wildman–Crippen LogP) is 4.36. The third kappa shape index (κ3) is 4.32. The summed E-state index contributed by atoms with van der Waals surface area (Å²) in [6, 6.07) is 5.26. The van der Waals surface area contributed by atoms with E-state index in [0.29, 0.717) is 10.6 Å². The summed E-state index contributed by atoms with van der Waals surface area (Å²) in [6.45, 7) is 2.93. The molecule has 0 unspecified atom stereocenters. The number of benzene rings is 1. The summed E-state index contributed by atoms with van der Waals surface area (Å²) in [4.78, 5) is 13.9. The van der Waals surface area contributed by atoms with Gasteiger partial charge in [0.25, 0.3) is 5.91 Å². The van der Waals surface area contributed by atoms with Gasteiger partial charge in [-0.3, -0.25) is 4.79 Å². The topological polar surface area (TPSA) is 20.3 Å². The highest BCUT2D eigenvalue weighted by Gasteiger charge is 2.14. The SMILES string of the molecule is CCCCCN(C)C(=O)c1cc(Cl)ccc1Br. The Morgan fingerprint density at radius 2 is 2.12 bits per heavy atom. The quantitative estimate of drug-likeness (QED) is 0.738. The second kappa shape index (κ2) is 7.02. The Labute approximate surface area is 116 Å². The van der Waals surface area contributed by atoms with E-state index in [0.717, 1.165) is 30.3 Å². The molecule has 0 aliphatic rings. The minimum atomic E-state index is 0.00970. The zero-order valence-electron chi connectivity index (χ0n) is 10.2. The summed E-state index contributed by atoms with van der Waals surface area (Å²) in [5.41, 5.74) is 0.622. The molecule has 0 radical (unpaired) electrons. The second-order valence-corrected chi connectivity index (χ2v) is 5.35. The van der Waals surface area contributed by atoms with Gasteiger partial charge >= 0.3 is 0 Å². The molecule has 1 amide bonds. The van der Waals surface area contributed by atoms with Crippen LogP contribution in [0.1, 0.15) is 36.5 Å². The van der Waals surface area contributed by atoms with Crippen LogP contribution >= 0.6 is 27.5 Å². The molecule has 94 valence electrons. The van der Waals surface area contributed by atoms with Crippen molar-refractivity contribution in [2.75, 3.05) is 13.6 Å². The lowest BCUT2D eigenvalue weighted by Gasteiger charge is -2.17. The molecule has 0 bridgehead atoms. The molecule has 0 heterocycles. The maximum absolute atomic E-state index is 12.1.